The van der Waals surface area contributed by atoms with E-state index in [-0.39, 0.29) is 0 Å². The fraction of sp³-hybridized carbons (Fsp3) is 0.889. The van der Waals surface area contributed by atoms with Crippen LogP contribution >= 0.6 is 0 Å². The molecule has 0 aliphatic heterocycles. The average molecular weight is 187 g/mol. The van der Waals surface area contributed by atoms with Gasteiger partial charge < -0.3 is 15.4 Å². The van der Waals surface area contributed by atoms with Gasteiger partial charge >= 0.3 is 0 Å². The van der Waals surface area contributed by atoms with E-state index in [1.54, 1.807) is 0 Å². The Kier molecular flexibility index (Phi) is 7.39. The molecular weight excluding hydrogens is 166 g/mol. The Bertz CT molecular complexity index is 148. The molecule has 0 bridgehead atoms. The number of hydrogen-bond acceptors (Lipinski definition) is 2. The van der Waals surface area contributed by atoms with Gasteiger partial charge in [-0.1, -0.05) is 6.92 Å². The lowest BCUT2D eigenvalue weighted by Crippen LogP contribution is -2.36. The summed E-state index contributed by atoms with van der Waals surface area (Å²) in [5.41, 5.74) is 5.71. The monoisotopic (exact) mass is 187 g/mol. The Hall–Kier alpha value is -0.770. The molecule has 2 N–H and O–H groups in total. The number of aliphatic imine (C=N–C) groups is 1. The highest BCUT2D eigenvalue weighted by Crippen LogP contribution is 1.85. The van der Waals surface area contributed by atoms with Crippen molar-refractivity contribution in [3.63, 3.8) is 0 Å². The average Bonchev–Trinajstić information content (AvgIpc) is 2.14. The van der Waals surface area contributed by atoms with Gasteiger partial charge in [0.05, 0.1) is 6.61 Å². The largest absolute Gasteiger partial charge is 0.380 e. The number of hydrogen-bond donors (Lipinski definition) is 1. The summed E-state index contributed by atoms with van der Waals surface area (Å²) in [6.07, 6.45) is 1.03. The van der Waals surface area contributed by atoms with E-state index in [1.165, 1.54) is 0 Å². The predicted molar refractivity (Wildman–Crippen MR) is 55.9 cm³/mol. The topological polar surface area (TPSA) is 50.8 Å². The molecule has 0 aliphatic rings. The summed E-state index contributed by atoms with van der Waals surface area (Å²) in [5, 5.41) is 0. The third kappa shape index (κ3) is 6.40. The molecular formula is C9H21N3O. The zero-order chi connectivity index (χ0) is 10.1. The van der Waals surface area contributed by atoms with E-state index in [1.807, 2.05) is 18.9 Å². The second-order valence-electron chi connectivity index (χ2n) is 2.86. The summed E-state index contributed by atoms with van der Waals surface area (Å²) in [7, 11) is 1.92. The maximum absolute atomic E-state index is 5.71. The van der Waals surface area contributed by atoms with E-state index < -0.39 is 0 Å². The summed E-state index contributed by atoms with van der Waals surface area (Å²) in [4.78, 5) is 6.09. The summed E-state index contributed by atoms with van der Waals surface area (Å²) >= 11 is 0. The van der Waals surface area contributed by atoms with Gasteiger partial charge in [0.25, 0.3) is 0 Å². The molecule has 0 amide bonds. The smallest absolute Gasteiger partial charge is 0.191 e. The van der Waals surface area contributed by atoms with Gasteiger partial charge in [0.1, 0.15) is 0 Å². The van der Waals surface area contributed by atoms with Crippen LogP contribution in [0.3, 0.4) is 0 Å². The molecule has 0 atom stereocenters. The van der Waals surface area contributed by atoms with Crippen LogP contribution in [0.5, 0.6) is 0 Å². The van der Waals surface area contributed by atoms with Gasteiger partial charge in [0, 0.05) is 26.7 Å². The molecule has 0 radical (unpaired) electrons. The van der Waals surface area contributed by atoms with Crippen molar-refractivity contribution in [2.24, 2.45) is 10.7 Å². The highest BCUT2D eigenvalue weighted by molar-refractivity contribution is 5.77. The van der Waals surface area contributed by atoms with Crippen LogP contribution in [0.4, 0.5) is 0 Å². The van der Waals surface area contributed by atoms with Gasteiger partial charge in [0.15, 0.2) is 5.96 Å². The molecule has 0 saturated heterocycles. The third-order valence-electron chi connectivity index (χ3n) is 1.66. The summed E-state index contributed by atoms with van der Waals surface area (Å²) in [6.45, 7) is 7.11. The molecule has 13 heavy (non-hydrogen) atoms. The van der Waals surface area contributed by atoms with Crippen molar-refractivity contribution >= 4 is 5.96 Å². The van der Waals surface area contributed by atoms with Crippen LogP contribution in [0, 0.1) is 0 Å². The minimum absolute atomic E-state index is 0.599. The van der Waals surface area contributed by atoms with Gasteiger partial charge in [-0.25, -0.2) is 0 Å². The summed E-state index contributed by atoms with van der Waals surface area (Å²) in [5.74, 6) is 0.599. The van der Waals surface area contributed by atoms with Crippen LogP contribution in [-0.2, 0) is 4.74 Å². The lowest BCUT2D eigenvalue weighted by atomic mass is 10.5. The minimum Gasteiger partial charge on any atom is -0.380 e. The van der Waals surface area contributed by atoms with Crippen LogP contribution in [0.2, 0.25) is 0 Å². The summed E-state index contributed by atoms with van der Waals surface area (Å²) in [6, 6.07) is 0. The molecule has 0 spiro atoms. The molecule has 0 rings (SSSR count). The third-order valence-corrected chi connectivity index (χ3v) is 1.66. The lowest BCUT2D eigenvalue weighted by molar-refractivity contribution is 0.136. The summed E-state index contributed by atoms with van der Waals surface area (Å²) < 4.78 is 5.21. The van der Waals surface area contributed by atoms with E-state index in [2.05, 4.69) is 11.9 Å². The molecule has 0 aromatic carbocycles. The number of rotatable bonds is 6. The van der Waals surface area contributed by atoms with Crippen molar-refractivity contribution in [3.05, 3.63) is 0 Å². The molecule has 0 aliphatic carbocycles. The number of nitrogens with two attached hydrogens (primary N) is 1. The first-order valence-corrected chi connectivity index (χ1v) is 4.81. The van der Waals surface area contributed by atoms with Crippen molar-refractivity contribution in [3.8, 4) is 0 Å². The number of likely N-dealkylation sites (N-methyl/N-ethyl adjacent to an activating group) is 1. The van der Waals surface area contributed by atoms with Crippen LogP contribution in [0.25, 0.3) is 0 Å². The highest BCUT2D eigenvalue weighted by Gasteiger charge is 1.99. The normalized spacial score (nSPS) is 11.8. The van der Waals surface area contributed by atoms with E-state index in [0.29, 0.717) is 12.6 Å². The maximum atomic E-state index is 5.71. The van der Waals surface area contributed by atoms with Crippen LogP contribution in [0.15, 0.2) is 4.99 Å². The standard InChI is InChI=1S/C9H21N3O/c1-4-6-11-9(10)12(3)7-8-13-5-2/h4-8H2,1-3H3,(H2,10,11). The minimum atomic E-state index is 0.599. The van der Waals surface area contributed by atoms with E-state index in [0.717, 1.165) is 26.1 Å². The van der Waals surface area contributed by atoms with Crippen molar-refractivity contribution < 1.29 is 4.74 Å². The predicted octanol–water partition coefficient (Wildman–Crippen LogP) is 0.679. The quantitative estimate of drug-likeness (QED) is 0.378. The van der Waals surface area contributed by atoms with Gasteiger partial charge in [0.2, 0.25) is 0 Å². The van der Waals surface area contributed by atoms with Crippen LogP contribution in [-0.4, -0.2) is 44.2 Å². The van der Waals surface area contributed by atoms with Crippen molar-refractivity contribution in [1.82, 2.24) is 4.90 Å². The Morgan fingerprint density at radius 3 is 2.69 bits per heavy atom. The van der Waals surface area contributed by atoms with Crippen molar-refractivity contribution in [1.29, 1.82) is 0 Å². The Morgan fingerprint density at radius 1 is 1.46 bits per heavy atom. The first kappa shape index (κ1) is 12.2. The van der Waals surface area contributed by atoms with E-state index in [9.17, 15) is 0 Å². The van der Waals surface area contributed by atoms with Gasteiger partial charge in [-0.2, -0.15) is 0 Å². The number of ether oxygens (including phenoxy) is 1. The molecule has 4 nitrogen and oxygen atoms in total. The Labute approximate surface area is 80.8 Å². The molecule has 0 saturated carbocycles. The first-order chi connectivity index (χ1) is 6.22. The fourth-order valence-corrected chi connectivity index (χ4v) is 0.807. The molecule has 0 aromatic rings. The Morgan fingerprint density at radius 2 is 2.15 bits per heavy atom. The lowest BCUT2D eigenvalue weighted by Gasteiger charge is -2.17. The van der Waals surface area contributed by atoms with Crippen molar-refractivity contribution in [2.45, 2.75) is 20.3 Å². The van der Waals surface area contributed by atoms with Gasteiger partial charge in [-0.05, 0) is 13.3 Å². The van der Waals surface area contributed by atoms with E-state index in [4.69, 9.17) is 10.5 Å². The molecule has 4 heteroatoms. The second-order valence-corrected chi connectivity index (χ2v) is 2.86. The SMILES string of the molecule is CCCN=C(N)N(C)CCOCC. The highest BCUT2D eigenvalue weighted by atomic mass is 16.5. The molecule has 0 aromatic heterocycles. The maximum Gasteiger partial charge on any atom is 0.191 e. The molecule has 0 heterocycles. The van der Waals surface area contributed by atoms with Crippen LogP contribution in [0.1, 0.15) is 20.3 Å². The zero-order valence-corrected chi connectivity index (χ0v) is 8.92. The Balaban J connectivity index is 3.61. The van der Waals surface area contributed by atoms with Crippen molar-refractivity contribution in [2.75, 3.05) is 33.4 Å². The molecule has 0 fully saturated rings. The second kappa shape index (κ2) is 7.86. The number of nitrogens with zero attached hydrogens (tertiary/aromatic N) is 2. The first-order valence-electron chi connectivity index (χ1n) is 4.81. The fourth-order valence-electron chi connectivity index (χ4n) is 0.807. The van der Waals surface area contributed by atoms with E-state index >= 15 is 0 Å². The number of guanidine groups is 1. The van der Waals surface area contributed by atoms with Gasteiger partial charge in [-0.3, -0.25) is 4.99 Å². The molecule has 0 unspecified atom stereocenters. The molecule has 78 valence electrons. The van der Waals surface area contributed by atoms with Gasteiger partial charge in [-0.15, -0.1) is 0 Å². The zero-order valence-electron chi connectivity index (χ0n) is 8.92. The van der Waals surface area contributed by atoms with Crippen LogP contribution < -0.4 is 5.73 Å².